The van der Waals surface area contributed by atoms with Crippen LogP contribution in [-0.2, 0) is 14.3 Å². The molecule has 2 aromatic rings. The second-order valence-corrected chi connectivity index (χ2v) is 9.26. The number of allylic oxidation sites excluding steroid dienone is 1. The smallest absolute Gasteiger partial charge is 0.262 e. The van der Waals surface area contributed by atoms with E-state index in [0.29, 0.717) is 5.57 Å². The van der Waals surface area contributed by atoms with E-state index in [1.807, 2.05) is 24.3 Å². The maximum Gasteiger partial charge on any atom is 0.262 e. The molecule has 2 aliphatic heterocycles. The number of aliphatic hydroxyl groups is 2. The Labute approximate surface area is 205 Å². The lowest BCUT2D eigenvalue weighted by atomic mass is 9.97. The highest BCUT2D eigenvalue weighted by Crippen LogP contribution is 2.28. The van der Waals surface area contributed by atoms with Crippen LogP contribution in [0.2, 0.25) is 0 Å². The van der Waals surface area contributed by atoms with Crippen molar-refractivity contribution in [3.05, 3.63) is 47.5 Å². The lowest BCUT2D eigenvalue weighted by Crippen LogP contribution is -2.52. The van der Waals surface area contributed by atoms with Gasteiger partial charge >= 0.3 is 0 Å². The van der Waals surface area contributed by atoms with Crippen molar-refractivity contribution in [2.24, 2.45) is 0 Å². The molecule has 0 bridgehead atoms. The number of piperidine rings is 1. The fraction of sp³-hybridized carbons (Fsp3) is 0.481. The highest BCUT2D eigenvalue weighted by atomic mass is 16.7. The van der Waals surface area contributed by atoms with Crippen LogP contribution < -0.4 is 10.2 Å². The number of benzene rings is 2. The second kappa shape index (κ2) is 11.2. The number of nitrogens with one attached hydrogen (secondary N) is 1. The Balaban J connectivity index is 1.48. The van der Waals surface area contributed by atoms with E-state index in [0.717, 1.165) is 29.4 Å². The maximum absolute atomic E-state index is 12.8. The fourth-order valence-corrected chi connectivity index (χ4v) is 4.81. The van der Waals surface area contributed by atoms with Crippen molar-refractivity contribution < 1.29 is 24.5 Å². The van der Waals surface area contributed by atoms with Gasteiger partial charge in [0.2, 0.25) is 0 Å². The van der Waals surface area contributed by atoms with Crippen molar-refractivity contribution >= 4 is 27.9 Å². The number of rotatable bonds is 6. The lowest BCUT2D eigenvalue weighted by Gasteiger charge is -2.36. The van der Waals surface area contributed by atoms with Crippen molar-refractivity contribution in [2.75, 3.05) is 31.6 Å². The normalized spacial score (nSPS) is 25.6. The van der Waals surface area contributed by atoms with Crippen LogP contribution in [0.15, 0.2) is 42.0 Å². The summed E-state index contributed by atoms with van der Waals surface area (Å²) in [7, 11) is 1.40. The van der Waals surface area contributed by atoms with E-state index in [1.54, 1.807) is 6.92 Å². The zero-order valence-electron chi connectivity index (χ0n) is 20.2. The zero-order chi connectivity index (χ0) is 24.9. The summed E-state index contributed by atoms with van der Waals surface area (Å²) in [4.78, 5) is 15.2. The van der Waals surface area contributed by atoms with E-state index >= 15 is 0 Å². The summed E-state index contributed by atoms with van der Waals surface area (Å²) in [6, 6.07) is 14.4. The summed E-state index contributed by atoms with van der Waals surface area (Å²) in [5.74, 6) is -0.540. The van der Waals surface area contributed by atoms with Crippen LogP contribution in [-0.4, -0.2) is 67.5 Å². The van der Waals surface area contributed by atoms with Gasteiger partial charge in [0.1, 0.15) is 23.9 Å². The highest BCUT2D eigenvalue weighted by Gasteiger charge is 2.36. The molecule has 4 rings (SSSR count). The molecule has 3 N–H and O–H groups in total. The molecule has 8 nitrogen and oxygen atoms in total. The molecule has 2 aromatic carbocycles. The molecule has 8 heteroatoms. The standard InChI is InChI=1S/C27H33N3O5/c1-17(22(15-28)26(33)29-16-25-23(31)14-24(32)27(34-2)35-25)18-6-7-20-13-21(9-8-19(20)12-18)30-10-4-3-5-11-30/h6-9,12-13,23-25,27,31-32H,3-5,10-11,14,16H2,1-2H3,(H,29,33)/b22-17+/t23-,24+,25?,27-/m0/s1. The van der Waals surface area contributed by atoms with Gasteiger partial charge in [-0.25, -0.2) is 0 Å². The van der Waals surface area contributed by atoms with Gasteiger partial charge in [0.25, 0.3) is 5.91 Å². The van der Waals surface area contributed by atoms with Gasteiger partial charge in [-0.2, -0.15) is 5.26 Å². The van der Waals surface area contributed by atoms with Crippen LogP contribution in [0, 0.1) is 11.3 Å². The summed E-state index contributed by atoms with van der Waals surface area (Å²) in [5.41, 5.74) is 2.60. The summed E-state index contributed by atoms with van der Waals surface area (Å²) in [6.07, 6.45) is 0.296. The zero-order valence-corrected chi connectivity index (χ0v) is 20.2. The predicted octanol–water partition coefficient (Wildman–Crippen LogP) is 2.73. The maximum atomic E-state index is 12.8. The largest absolute Gasteiger partial charge is 0.390 e. The van der Waals surface area contributed by atoms with Gasteiger partial charge in [-0.15, -0.1) is 0 Å². The summed E-state index contributed by atoms with van der Waals surface area (Å²) < 4.78 is 10.6. The molecule has 1 amide bonds. The number of methoxy groups -OCH3 is 1. The number of nitrogens with zero attached hydrogens (tertiary/aromatic N) is 2. The summed E-state index contributed by atoms with van der Waals surface area (Å²) in [5, 5.41) is 34.6. The van der Waals surface area contributed by atoms with Gasteiger partial charge in [0.05, 0.1) is 6.10 Å². The van der Waals surface area contributed by atoms with Gasteiger partial charge in [0, 0.05) is 38.9 Å². The van der Waals surface area contributed by atoms with E-state index in [2.05, 4.69) is 28.4 Å². The lowest BCUT2D eigenvalue weighted by molar-refractivity contribution is -0.254. The highest BCUT2D eigenvalue weighted by molar-refractivity contribution is 6.05. The number of amides is 1. The number of carbonyl (C=O) groups is 1. The van der Waals surface area contributed by atoms with Gasteiger partial charge in [-0.05, 0) is 66.3 Å². The first-order valence-electron chi connectivity index (χ1n) is 12.1. The number of carbonyl (C=O) groups excluding carboxylic acids is 1. The predicted molar refractivity (Wildman–Crippen MR) is 134 cm³/mol. The monoisotopic (exact) mass is 479 g/mol. The summed E-state index contributed by atoms with van der Waals surface area (Å²) >= 11 is 0. The molecular weight excluding hydrogens is 446 g/mol. The number of nitriles is 1. The first-order chi connectivity index (χ1) is 16.9. The topological polar surface area (TPSA) is 115 Å². The number of anilines is 1. The Kier molecular flexibility index (Phi) is 8.04. The van der Waals surface area contributed by atoms with Crippen molar-refractivity contribution in [1.29, 1.82) is 5.26 Å². The molecule has 35 heavy (non-hydrogen) atoms. The number of ether oxygens (including phenoxy) is 2. The molecule has 2 aliphatic rings. The molecule has 4 atom stereocenters. The average molecular weight is 480 g/mol. The molecule has 0 aliphatic carbocycles. The Bertz CT molecular complexity index is 1140. The minimum Gasteiger partial charge on any atom is -0.390 e. The van der Waals surface area contributed by atoms with Gasteiger partial charge in [-0.1, -0.05) is 18.2 Å². The number of hydrogen-bond donors (Lipinski definition) is 3. The number of fused-ring (bicyclic) bond motifs is 1. The Morgan fingerprint density at radius 3 is 2.57 bits per heavy atom. The third-order valence-corrected chi connectivity index (χ3v) is 6.92. The molecule has 0 spiro atoms. The van der Waals surface area contributed by atoms with Crippen LogP contribution >= 0.6 is 0 Å². The Morgan fingerprint density at radius 2 is 1.86 bits per heavy atom. The molecule has 1 unspecified atom stereocenters. The number of aliphatic hydroxyl groups excluding tert-OH is 2. The molecule has 2 saturated heterocycles. The van der Waals surface area contributed by atoms with Gasteiger partial charge < -0.3 is 29.9 Å². The molecule has 0 radical (unpaired) electrons. The number of hydrogen-bond acceptors (Lipinski definition) is 7. The van der Waals surface area contributed by atoms with Gasteiger partial charge in [-0.3, -0.25) is 4.79 Å². The van der Waals surface area contributed by atoms with Crippen LogP contribution in [0.1, 0.15) is 38.2 Å². The van der Waals surface area contributed by atoms with Crippen LogP contribution in [0.4, 0.5) is 5.69 Å². The van der Waals surface area contributed by atoms with E-state index in [-0.39, 0.29) is 18.5 Å². The molecule has 0 aromatic heterocycles. The first-order valence-corrected chi connectivity index (χ1v) is 12.1. The van der Waals surface area contributed by atoms with E-state index in [4.69, 9.17) is 9.47 Å². The molecule has 186 valence electrons. The van der Waals surface area contributed by atoms with Crippen molar-refractivity contribution in [3.8, 4) is 6.07 Å². The SMILES string of the molecule is CO[C@H]1OC(CNC(=O)/C(C#N)=C(\C)c2ccc3cc(N4CCCCC4)ccc3c2)[C@@H](O)C[C@H]1O. The first kappa shape index (κ1) is 25.1. The van der Waals surface area contributed by atoms with Crippen molar-refractivity contribution in [2.45, 2.75) is 57.2 Å². The van der Waals surface area contributed by atoms with Crippen molar-refractivity contribution in [3.63, 3.8) is 0 Å². The van der Waals surface area contributed by atoms with Crippen LogP contribution in [0.3, 0.4) is 0 Å². The van der Waals surface area contributed by atoms with E-state index < -0.39 is 30.5 Å². The van der Waals surface area contributed by atoms with Crippen LogP contribution in [0.5, 0.6) is 0 Å². The minimum absolute atomic E-state index is 0.00270. The van der Waals surface area contributed by atoms with E-state index in [1.165, 1.54) is 32.1 Å². The second-order valence-electron chi connectivity index (χ2n) is 9.26. The summed E-state index contributed by atoms with van der Waals surface area (Å²) in [6.45, 7) is 3.91. The van der Waals surface area contributed by atoms with Crippen molar-refractivity contribution in [1.82, 2.24) is 5.32 Å². The average Bonchev–Trinajstić information content (AvgIpc) is 2.88. The Morgan fingerprint density at radius 1 is 1.14 bits per heavy atom. The molecule has 2 fully saturated rings. The molecular formula is C27H33N3O5. The van der Waals surface area contributed by atoms with Gasteiger partial charge in [0.15, 0.2) is 6.29 Å². The minimum atomic E-state index is -0.956. The molecule has 2 heterocycles. The third-order valence-electron chi connectivity index (χ3n) is 6.92. The third kappa shape index (κ3) is 5.65. The quantitative estimate of drug-likeness (QED) is 0.431. The van der Waals surface area contributed by atoms with Crippen LogP contribution in [0.25, 0.3) is 16.3 Å². The fourth-order valence-electron chi connectivity index (χ4n) is 4.81. The Hall–Kier alpha value is -2.96. The molecule has 0 saturated carbocycles. The van der Waals surface area contributed by atoms with E-state index in [9.17, 15) is 20.3 Å².